The number of rotatable bonds is 13. The molecule has 6 N–H and O–H groups in total. The van der Waals surface area contributed by atoms with Crippen LogP contribution in [-0.2, 0) is 43.3 Å². The largest absolute Gasteiger partial charge is 1.00 e. The Labute approximate surface area is 313 Å². The van der Waals surface area contributed by atoms with Crippen LogP contribution < -0.4 is 80.2 Å². The number of nitrogens with one attached hydrogen (secondary N) is 1. The molecule has 11 atom stereocenters. The number of benzene rings is 1. The summed E-state index contributed by atoms with van der Waals surface area (Å²) >= 11 is 0. The van der Waals surface area contributed by atoms with Crippen LogP contribution in [0.25, 0.3) is 0 Å². The number of hydrogen-bond donors (Lipinski definition) is 6. The summed E-state index contributed by atoms with van der Waals surface area (Å²) in [5.41, 5.74) is -1.97. The first-order valence-electron chi connectivity index (χ1n) is 13.0. The summed E-state index contributed by atoms with van der Waals surface area (Å²) < 4.78 is 53.8. The standard InChI is InChI=1S/C22H29N3O19P2.2Na/c26-14-5-6-24(22(32)23-14)20-18(30)16(28)13(41-20)9-40-45(35,36)44-46(37,38)43-21-19(31)17(29)15(27)12(42-21)8-39-7-10-3-1-2-4-11(10)25(33)34;;/h1-6,12-13,15-21,27-31H,7-9H2,(H,35,36)(H,37,38)(H,23,26,32);;/q;2*+1/p-2/t12-,13-,15+,16-,17+,18-,19-,20-,21-;;/m1../s1. The summed E-state index contributed by atoms with van der Waals surface area (Å²) in [5, 5.41) is 62.1. The van der Waals surface area contributed by atoms with Gasteiger partial charge in [0, 0.05) is 18.3 Å². The molecule has 0 amide bonds. The number of ether oxygens (including phenoxy) is 3. The average molecular weight is 745 g/mol. The van der Waals surface area contributed by atoms with Crippen molar-refractivity contribution >= 4 is 21.3 Å². The Morgan fingerprint density at radius 2 is 1.50 bits per heavy atom. The first kappa shape index (κ1) is 43.4. The first-order chi connectivity index (χ1) is 21.5. The van der Waals surface area contributed by atoms with Gasteiger partial charge in [-0.05, 0) is 6.07 Å². The minimum absolute atomic E-state index is 0. The van der Waals surface area contributed by atoms with Crippen molar-refractivity contribution in [3.63, 3.8) is 0 Å². The van der Waals surface area contributed by atoms with Crippen molar-refractivity contribution in [1.82, 2.24) is 9.55 Å². The number of phosphoric ester groups is 2. The molecule has 22 nitrogen and oxygen atoms in total. The van der Waals surface area contributed by atoms with Gasteiger partial charge < -0.3 is 54.1 Å². The van der Waals surface area contributed by atoms with E-state index in [9.17, 15) is 64.2 Å². The molecular weight excluding hydrogens is 718 g/mol. The predicted octanol–water partition coefficient (Wildman–Crippen LogP) is -9.92. The van der Waals surface area contributed by atoms with E-state index in [-0.39, 0.29) is 77.0 Å². The fourth-order valence-corrected chi connectivity index (χ4v) is 6.50. The van der Waals surface area contributed by atoms with Crippen LogP contribution in [0, 0.1) is 10.1 Å². The molecule has 2 fully saturated rings. The van der Waals surface area contributed by atoms with E-state index in [0.717, 1.165) is 12.3 Å². The summed E-state index contributed by atoms with van der Waals surface area (Å²) in [6.07, 6.45) is -16.3. The minimum Gasteiger partial charge on any atom is -0.756 e. The van der Waals surface area contributed by atoms with Crippen LogP contribution in [0.3, 0.4) is 0 Å². The summed E-state index contributed by atoms with van der Waals surface area (Å²) in [7, 11) is -11.9. The van der Waals surface area contributed by atoms with Gasteiger partial charge in [-0.25, -0.2) is 9.11 Å². The van der Waals surface area contributed by atoms with Crippen LogP contribution in [0.5, 0.6) is 0 Å². The normalized spacial score (nSPS) is 31.1. The zero-order valence-electron chi connectivity index (χ0n) is 25.0. The van der Waals surface area contributed by atoms with Crippen LogP contribution in [-0.4, -0.2) is 102 Å². The monoisotopic (exact) mass is 745 g/mol. The molecule has 256 valence electrons. The second kappa shape index (κ2) is 18.1. The number of hydrogen-bond acceptors (Lipinski definition) is 19. The maximum Gasteiger partial charge on any atom is 1.00 e. The third-order valence-corrected chi connectivity index (χ3v) is 9.22. The van der Waals surface area contributed by atoms with Crippen LogP contribution in [0.2, 0.25) is 0 Å². The number of aromatic amines is 1. The molecular formula is C22H27N3Na2O19P2. The van der Waals surface area contributed by atoms with Gasteiger partial charge in [-0.1, -0.05) is 12.1 Å². The zero-order chi connectivity index (χ0) is 34.0. The van der Waals surface area contributed by atoms with E-state index in [4.69, 9.17) is 14.2 Å². The van der Waals surface area contributed by atoms with Crippen LogP contribution in [0.1, 0.15) is 11.8 Å². The maximum absolute atomic E-state index is 12.4. The van der Waals surface area contributed by atoms with E-state index in [1.54, 1.807) is 0 Å². The van der Waals surface area contributed by atoms with Gasteiger partial charge in [0.2, 0.25) is 0 Å². The average Bonchev–Trinajstić information content (AvgIpc) is 3.25. The molecule has 2 saturated heterocycles. The molecule has 0 spiro atoms. The van der Waals surface area contributed by atoms with Crippen molar-refractivity contribution in [2.75, 3.05) is 13.2 Å². The topological polar surface area (TPSA) is 335 Å². The Morgan fingerprint density at radius 1 is 0.875 bits per heavy atom. The van der Waals surface area contributed by atoms with Crippen molar-refractivity contribution < 1.29 is 136 Å². The van der Waals surface area contributed by atoms with Gasteiger partial charge in [0.05, 0.1) is 30.3 Å². The minimum atomic E-state index is -6.02. The molecule has 3 heterocycles. The number of nitrogens with zero attached hydrogens (tertiary/aromatic N) is 2. The molecule has 48 heavy (non-hydrogen) atoms. The van der Waals surface area contributed by atoms with E-state index in [1.807, 2.05) is 4.98 Å². The van der Waals surface area contributed by atoms with Crippen molar-refractivity contribution in [3.05, 3.63) is 73.0 Å². The Morgan fingerprint density at radius 3 is 2.15 bits per heavy atom. The molecule has 1 aromatic heterocycles. The number of phosphoric acid groups is 2. The van der Waals surface area contributed by atoms with Crippen LogP contribution >= 0.6 is 15.6 Å². The number of aromatic nitrogens is 2. The molecule has 0 aliphatic carbocycles. The molecule has 0 radical (unpaired) electrons. The fraction of sp³-hybridized carbons (Fsp3) is 0.545. The number of H-pyrrole nitrogens is 1. The molecule has 2 aromatic rings. The van der Waals surface area contributed by atoms with Gasteiger partial charge in [0.1, 0.15) is 42.7 Å². The second-order valence-electron chi connectivity index (χ2n) is 9.86. The second-order valence-corrected chi connectivity index (χ2v) is 12.8. The molecule has 2 unspecified atom stereocenters. The number of nitro groups is 1. The molecule has 1 aromatic carbocycles. The van der Waals surface area contributed by atoms with Crippen molar-refractivity contribution in [2.24, 2.45) is 0 Å². The van der Waals surface area contributed by atoms with Gasteiger partial charge in [-0.3, -0.25) is 38.1 Å². The predicted molar refractivity (Wildman–Crippen MR) is 140 cm³/mol. The van der Waals surface area contributed by atoms with Crippen LogP contribution in [0.15, 0.2) is 46.1 Å². The molecule has 2 aliphatic heterocycles. The molecule has 4 rings (SSSR count). The van der Waals surface area contributed by atoms with Gasteiger partial charge in [-0.15, -0.1) is 0 Å². The number of aliphatic hydroxyl groups is 5. The third kappa shape index (κ3) is 10.9. The fourth-order valence-electron chi connectivity index (χ4n) is 4.42. The maximum atomic E-state index is 12.4. The first-order valence-corrected chi connectivity index (χ1v) is 15.9. The zero-order valence-corrected chi connectivity index (χ0v) is 30.8. The Balaban J connectivity index is 0.00000400. The Hall–Kier alpha value is -0.760. The number of aliphatic hydroxyl groups excluding tert-OH is 5. The van der Waals surface area contributed by atoms with E-state index in [0.29, 0.717) is 4.57 Å². The van der Waals surface area contributed by atoms with Crippen LogP contribution in [0.4, 0.5) is 5.69 Å². The van der Waals surface area contributed by atoms with E-state index in [2.05, 4.69) is 13.4 Å². The van der Waals surface area contributed by atoms with Gasteiger partial charge in [-0.2, -0.15) is 0 Å². The summed E-state index contributed by atoms with van der Waals surface area (Å²) in [5.74, 6) is 0. The molecule has 26 heteroatoms. The van der Waals surface area contributed by atoms with Gasteiger partial charge in [0.25, 0.3) is 26.9 Å². The van der Waals surface area contributed by atoms with E-state index < -0.39 is 100 Å². The third-order valence-electron chi connectivity index (χ3n) is 6.69. The summed E-state index contributed by atoms with van der Waals surface area (Å²) in [4.78, 5) is 60.2. The smallest absolute Gasteiger partial charge is 0.756 e. The van der Waals surface area contributed by atoms with E-state index >= 15 is 0 Å². The quantitative estimate of drug-likeness (QED) is 0.0480. The SMILES string of the molecule is O=c1ccn([C@@H]2O[C@H](COP(=O)([O-])OP(=O)([O-])O[C@H]3O[C@H](COCc4ccccc4[N+](=O)[O-])[C@H](O)[C@H](O)[C@H]3O)[C@@H](O)[C@H]2O)c(=O)[nH]1.[Na+].[Na+]. The van der Waals surface area contributed by atoms with Gasteiger partial charge >= 0.3 is 64.8 Å². The summed E-state index contributed by atoms with van der Waals surface area (Å²) in [6, 6.07) is 6.39. The Kier molecular flexibility index (Phi) is 16.4. The van der Waals surface area contributed by atoms with E-state index in [1.165, 1.54) is 24.3 Å². The molecule has 0 bridgehead atoms. The summed E-state index contributed by atoms with van der Waals surface area (Å²) in [6.45, 7) is -2.15. The Bertz CT molecular complexity index is 1610. The van der Waals surface area contributed by atoms with Crippen molar-refractivity contribution in [3.8, 4) is 0 Å². The van der Waals surface area contributed by atoms with Crippen molar-refractivity contribution in [1.29, 1.82) is 0 Å². The van der Waals surface area contributed by atoms with Gasteiger partial charge in [0.15, 0.2) is 12.5 Å². The molecule has 0 saturated carbocycles. The molecule has 2 aliphatic rings. The van der Waals surface area contributed by atoms with Crippen molar-refractivity contribution in [2.45, 2.75) is 61.9 Å². The number of nitro benzene ring substituents is 1. The number of para-hydroxylation sites is 1.